The van der Waals surface area contributed by atoms with Crippen LogP contribution in [0.3, 0.4) is 0 Å². The third kappa shape index (κ3) is 1.68. The molecule has 1 aliphatic rings. The van der Waals surface area contributed by atoms with Crippen molar-refractivity contribution in [3.05, 3.63) is 35.2 Å². The van der Waals surface area contributed by atoms with Crippen LogP contribution in [0.4, 0.5) is 0 Å². The number of nitrogens with one attached hydrogen (secondary N) is 1. The Morgan fingerprint density at radius 1 is 1.13 bits per heavy atom. The first-order valence-electron chi connectivity index (χ1n) is 5.62. The highest BCUT2D eigenvalue weighted by Crippen LogP contribution is 2.34. The molecule has 1 aromatic heterocycles. The second-order valence-corrected chi connectivity index (χ2v) is 5.13. The van der Waals surface area contributed by atoms with E-state index >= 15 is 0 Å². The lowest BCUT2D eigenvalue weighted by Crippen LogP contribution is -2.26. The predicted molar refractivity (Wildman–Crippen MR) is 66.7 cm³/mol. The molecule has 0 aliphatic carbocycles. The first-order valence-corrected chi connectivity index (χ1v) is 6.50. The van der Waals surface area contributed by atoms with Gasteiger partial charge in [0.2, 0.25) is 0 Å². The molecule has 0 unspecified atom stereocenters. The molecule has 0 saturated carbocycles. The number of fused-ring (bicyclic) bond motifs is 1. The first kappa shape index (κ1) is 9.37. The van der Waals surface area contributed by atoms with Gasteiger partial charge in [0.25, 0.3) is 0 Å². The minimum absolute atomic E-state index is 0.772. The Balaban J connectivity index is 2.05. The zero-order valence-corrected chi connectivity index (χ0v) is 9.52. The molecular weight excluding hydrogens is 202 g/mol. The summed E-state index contributed by atoms with van der Waals surface area (Å²) < 4.78 is 1.50. The second kappa shape index (κ2) is 3.95. The van der Waals surface area contributed by atoms with Gasteiger partial charge in [-0.05, 0) is 54.2 Å². The molecule has 2 heterocycles. The average molecular weight is 217 g/mol. The summed E-state index contributed by atoms with van der Waals surface area (Å²) in [6.07, 6.45) is 2.58. The van der Waals surface area contributed by atoms with Gasteiger partial charge in [-0.3, -0.25) is 0 Å². The van der Waals surface area contributed by atoms with Crippen molar-refractivity contribution in [2.45, 2.75) is 18.8 Å². The topological polar surface area (TPSA) is 12.0 Å². The fraction of sp³-hybridized carbons (Fsp3) is 0.385. The molecule has 15 heavy (non-hydrogen) atoms. The average Bonchev–Trinajstić information content (AvgIpc) is 2.78. The second-order valence-electron chi connectivity index (χ2n) is 4.21. The Morgan fingerprint density at radius 2 is 2.00 bits per heavy atom. The van der Waals surface area contributed by atoms with E-state index in [4.69, 9.17) is 0 Å². The van der Waals surface area contributed by atoms with Gasteiger partial charge in [0, 0.05) is 4.70 Å². The number of hydrogen-bond donors (Lipinski definition) is 1. The molecule has 0 bridgehead atoms. The van der Waals surface area contributed by atoms with E-state index < -0.39 is 0 Å². The van der Waals surface area contributed by atoms with Gasteiger partial charge in [-0.1, -0.05) is 18.2 Å². The summed E-state index contributed by atoms with van der Waals surface area (Å²) in [5, 5.41) is 7.05. The van der Waals surface area contributed by atoms with Crippen molar-refractivity contribution in [2.75, 3.05) is 13.1 Å². The summed E-state index contributed by atoms with van der Waals surface area (Å²) in [7, 11) is 0. The molecule has 1 nitrogen and oxygen atoms in total. The quantitative estimate of drug-likeness (QED) is 0.772. The van der Waals surface area contributed by atoms with Gasteiger partial charge in [-0.2, -0.15) is 0 Å². The molecule has 0 amide bonds. The van der Waals surface area contributed by atoms with E-state index in [1.165, 1.54) is 36.0 Å². The Bertz CT molecular complexity index is 454. The summed E-state index contributed by atoms with van der Waals surface area (Å²) in [4.78, 5) is 0. The van der Waals surface area contributed by atoms with Crippen molar-refractivity contribution in [3.8, 4) is 0 Å². The van der Waals surface area contributed by atoms with Gasteiger partial charge in [0.1, 0.15) is 0 Å². The monoisotopic (exact) mass is 217 g/mol. The lowest BCUT2D eigenvalue weighted by atomic mass is 9.90. The van der Waals surface area contributed by atoms with Crippen LogP contribution < -0.4 is 5.32 Å². The number of rotatable bonds is 1. The molecule has 1 aromatic carbocycles. The summed E-state index contributed by atoms with van der Waals surface area (Å²) in [5.41, 5.74) is 1.57. The van der Waals surface area contributed by atoms with E-state index in [2.05, 4.69) is 35.0 Å². The van der Waals surface area contributed by atoms with Crippen molar-refractivity contribution in [1.82, 2.24) is 5.32 Å². The Hall–Kier alpha value is -0.860. The maximum absolute atomic E-state index is 3.43. The molecule has 0 atom stereocenters. The first-order chi connectivity index (χ1) is 7.45. The van der Waals surface area contributed by atoms with Crippen LogP contribution in [-0.2, 0) is 0 Å². The Labute approximate surface area is 94.1 Å². The van der Waals surface area contributed by atoms with Crippen LogP contribution in [0, 0.1) is 0 Å². The minimum Gasteiger partial charge on any atom is -0.317 e. The fourth-order valence-electron chi connectivity index (χ4n) is 2.47. The predicted octanol–water partition coefficient (Wildman–Crippen LogP) is 3.37. The van der Waals surface area contributed by atoms with Gasteiger partial charge >= 0.3 is 0 Å². The van der Waals surface area contributed by atoms with Gasteiger partial charge in [-0.15, -0.1) is 11.3 Å². The molecule has 0 spiro atoms. The zero-order chi connectivity index (χ0) is 10.1. The molecule has 1 aliphatic heterocycles. The highest BCUT2D eigenvalue weighted by Gasteiger charge is 2.17. The van der Waals surface area contributed by atoms with E-state index in [1.807, 2.05) is 11.3 Å². The van der Waals surface area contributed by atoms with Crippen LogP contribution in [0.15, 0.2) is 29.6 Å². The smallest absolute Gasteiger partial charge is 0.0377 e. The van der Waals surface area contributed by atoms with Crippen molar-refractivity contribution in [2.24, 2.45) is 0 Å². The van der Waals surface area contributed by atoms with Crippen LogP contribution in [0.25, 0.3) is 10.1 Å². The third-order valence-corrected chi connectivity index (χ3v) is 4.27. The van der Waals surface area contributed by atoms with E-state index in [-0.39, 0.29) is 0 Å². The molecule has 1 N–H and O–H groups in total. The molecule has 1 saturated heterocycles. The van der Waals surface area contributed by atoms with Crippen LogP contribution in [0.5, 0.6) is 0 Å². The van der Waals surface area contributed by atoms with Crippen LogP contribution in [0.1, 0.15) is 24.3 Å². The van der Waals surface area contributed by atoms with Gasteiger partial charge in [0.15, 0.2) is 0 Å². The molecule has 3 rings (SSSR count). The highest BCUT2D eigenvalue weighted by molar-refractivity contribution is 7.17. The van der Waals surface area contributed by atoms with Crippen molar-refractivity contribution in [3.63, 3.8) is 0 Å². The van der Waals surface area contributed by atoms with Crippen molar-refractivity contribution >= 4 is 21.4 Å². The van der Waals surface area contributed by atoms with Gasteiger partial charge in [-0.25, -0.2) is 0 Å². The zero-order valence-electron chi connectivity index (χ0n) is 8.70. The Morgan fingerprint density at radius 3 is 2.87 bits per heavy atom. The summed E-state index contributed by atoms with van der Waals surface area (Å²) in [6, 6.07) is 8.96. The normalized spacial score (nSPS) is 18.4. The van der Waals surface area contributed by atoms with Crippen molar-refractivity contribution in [1.29, 1.82) is 0 Å². The molecular formula is C13H15NS. The van der Waals surface area contributed by atoms with Crippen LogP contribution in [-0.4, -0.2) is 13.1 Å². The number of benzene rings is 1. The standard InChI is InChI=1S/C13H15NS/c1-2-11-6-9-15-13(11)12(3-1)10-4-7-14-8-5-10/h1-3,6,9-10,14H,4-5,7-8H2. The maximum Gasteiger partial charge on any atom is 0.0377 e. The van der Waals surface area contributed by atoms with E-state index in [9.17, 15) is 0 Å². The Kier molecular flexibility index (Phi) is 2.47. The minimum atomic E-state index is 0.772. The van der Waals surface area contributed by atoms with Crippen LogP contribution >= 0.6 is 11.3 Å². The third-order valence-electron chi connectivity index (χ3n) is 3.29. The summed E-state index contributed by atoms with van der Waals surface area (Å²) in [6.45, 7) is 2.35. The van der Waals surface area contributed by atoms with E-state index in [0.717, 1.165) is 5.92 Å². The van der Waals surface area contributed by atoms with E-state index in [0.29, 0.717) is 0 Å². The molecule has 2 heteroatoms. The number of piperidine rings is 1. The SMILES string of the molecule is c1cc(C2CCNCC2)c2sccc2c1. The number of hydrogen-bond acceptors (Lipinski definition) is 2. The molecule has 1 fully saturated rings. The molecule has 2 aromatic rings. The lowest BCUT2D eigenvalue weighted by Gasteiger charge is -2.23. The van der Waals surface area contributed by atoms with Crippen molar-refractivity contribution < 1.29 is 0 Å². The summed E-state index contributed by atoms with van der Waals surface area (Å²) in [5.74, 6) is 0.772. The number of thiophene rings is 1. The lowest BCUT2D eigenvalue weighted by molar-refractivity contribution is 0.462. The maximum atomic E-state index is 3.43. The largest absolute Gasteiger partial charge is 0.317 e. The van der Waals surface area contributed by atoms with Gasteiger partial charge < -0.3 is 5.32 Å². The molecule has 0 radical (unpaired) electrons. The highest BCUT2D eigenvalue weighted by atomic mass is 32.1. The van der Waals surface area contributed by atoms with Crippen LogP contribution in [0.2, 0.25) is 0 Å². The summed E-state index contributed by atoms with van der Waals surface area (Å²) >= 11 is 1.89. The van der Waals surface area contributed by atoms with Gasteiger partial charge in [0.05, 0.1) is 0 Å². The van der Waals surface area contributed by atoms with E-state index in [1.54, 1.807) is 5.56 Å². The molecule has 78 valence electrons. The fourth-order valence-corrected chi connectivity index (χ4v) is 3.46.